The van der Waals surface area contributed by atoms with Crippen molar-refractivity contribution < 1.29 is 0 Å². The molecule has 0 heterocycles. The van der Waals surface area contributed by atoms with Gasteiger partial charge in [0.25, 0.3) is 0 Å². The highest BCUT2D eigenvalue weighted by atomic mass is 35.5. The Morgan fingerprint density at radius 1 is 1.33 bits per heavy atom. The van der Waals surface area contributed by atoms with Crippen molar-refractivity contribution in [2.75, 3.05) is 5.88 Å². The third kappa shape index (κ3) is 5.32. The molecular formula is C6H11Cl3. The van der Waals surface area contributed by atoms with Crippen molar-refractivity contribution >= 4 is 34.8 Å². The lowest BCUT2D eigenvalue weighted by Gasteiger charge is -2.09. The maximum atomic E-state index is 5.59. The molecule has 0 radical (unpaired) electrons. The second-order valence-electron chi connectivity index (χ2n) is 2.14. The van der Waals surface area contributed by atoms with Crippen LogP contribution >= 0.6 is 34.8 Å². The second-order valence-corrected chi connectivity index (χ2v) is 3.68. The maximum Gasteiger partial charge on any atom is 0.110 e. The molecule has 0 bridgehead atoms. The van der Waals surface area contributed by atoms with Gasteiger partial charge in [0.05, 0.1) is 0 Å². The summed E-state index contributed by atoms with van der Waals surface area (Å²) >= 11 is 16.6. The van der Waals surface area contributed by atoms with E-state index in [1.165, 1.54) is 0 Å². The molecular weight excluding hydrogens is 178 g/mol. The van der Waals surface area contributed by atoms with Crippen molar-refractivity contribution in [3.63, 3.8) is 0 Å². The van der Waals surface area contributed by atoms with Crippen LogP contribution in [-0.2, 0) is 0 Å². The fourth-order valence-electron chi connectivity index (χ4n) is 0.525. The van der Waals surface area contributed by atoms with Crippen molar-refractivity contribution in [2.24, 2.45) is 5.92 Å². The lowest BCUT2D eigenvalue weighted by Crippen LogP contribution is -2.03. The van der Waals surface area contributed by atoms with Crippen LogP contribution in [0.4, 0.5) is 0 Å². The Morgan fingerprint density at radius 2 is 1.89 bits per heavy atom. The minimum Gasteiger partial charge on any atom is -0.127 e. The van der Waals surface area contributed by atoms with Crippen LogP contribution in [0.25, 0.3) is 0 Å². The predicted octanol–water partition coefficient (Wildman–Crippen LogP) is 3.45. The molecule has 3 heteroatoms. The van der Waals surface area contributed by atoms with E-state index in [1.54, 1.807) is 0 Å². The zero-order valence-corrected chi connectivity index (χ0v) is 7.68. The van der Waals surface area contributed by atoms with Gasteiger partial charge in [-0.2, -0.15) is 0 Å². The van der Waals surface area contributed by atoms with Crippen LogP contribution in [0.5, 0.6) is 0 Å². The van der Waals surface area contributed by atoms with Gasteiger partial charge in [-0.3, -0.25) is 0 Å². The monoisotopic (exact) mass is 188 g/mol. The van der Waals surface area contributed by atoms with Crippen molar-refractivity contribution in [1.29, 1.82) is 0 Å². The van der Waals surface area contributed by atoms with Gasteiger partial charge in [0.1, 0.15) is 4.84 Å². The normalized spacial score (nSPS) is 14.3. The number of hydrogen-bond acceptors (Lipinski definition) is 0. The lowest BCUT2D eigenvalue weighted by atomic mass is 10.1. The minimum absolute atomic E-state index is 0.242. The van der Waals surface area contributed by atoms with Crippen LogP contribution in [0.3, 0.4) is 0 Å². The van der Waals surface area contributed by atoms with Gasteiger partial charge >= 0.3 is 0 Å². The molecule has 0 fully saturated rings. The molecule has 0 aliphatic rings. The van der Waals surface area contributed by atoms with E-state index in [2.05, 4.69) is 0 Å². The minimum atomic E-state index is -0.242. The standard InChI is InChI=1S/C6H11Cl3/c1-5(6(8)9)3-2-4-7/h5-6H,2-4H2,1H3. The quantitative estimate of drug-likeness (QED) is 0.594. The topological polar surface area (TPSA) is 0 Å². The molecule has 0 N–H and O–H groups in total. The molecule has 1 unspecified atom stereocenters. The summed E-state index contributed by atoms with van der Waals surface area (Å²) in [4.78, 5) is -0.242. The Labute approximate surface area is 71.5 Å². The molecule has 1 atom stereocenters. The number of halogens is 3. The van der Waals surface area contributed by atoms with Crippen molar-refractivity contribution in [1.82, 2.24) is 0 Å². The Balaban J connectivity index is 3.16. The summed E-state index contributed by atoms with van der Waals surface area (Å²) < 4.78 is 0. The molecule has 0 saturated carbocycles. The molecule has 9 heavy (non-hydrogen) atoms. The van der Waals surface area contributed by atoms with Crippen LogP contribution in [0.1, 0.15) is 19.8 Å². The predicted molar refractivity (Wildman–Crippen MR) is 44.6 cm³/mol. The maximum absolute atomic E-state index is 5.59. The van der Waals surface area contributed by atoms with Gasteiger partial charge in [0.2, 0.25) is 0 Å². The molecule has 0 nitrogen and oxygen atoms in total. The summed E-state index contributed by atoms with van der Waals surface area (Å²) in [6.45, 7) is 2.03. The summed E-state index contributed by atoms with van der Waals surface area (Å²) in [5.74, 6) is 1.07. The number of alkyl halides is 3. The van der Waals surface area contributed by atoms with Crippen LogP contribution in [-0.4, -0.2) is 10.7 Å². The summed E-state index contributed by atoms with van der Waals surface area (Å²) in [6.07, 6.45) is 2.01. The molecule has 0 amide bonds. The van der Waals surface area contributed by atoms with E-state index in [0.29, 0.717) is 11.8 Å². The van der Waals surface area contributed by atoms with Gasteiger partial charge in [-0.15, -0.1) is 34.8 Å². The van der Waals surface area contributed by atoms with Gasteiger partial charge in [-0.1, -0.05) is 6.92 Å². The summed E-state index contributed by atoms with van der Waals surface area (Å²) in [5, 5.41) is 0. The Morgan fingerprint density at radius 3 is 2.22 bits per heavy atom. The number of rotatable bonds is 4. The smallest absolute Gasteiger partial charge is 0.110 e. The van der Waals surface area contributed by atoms with E-state index in [4.69, 9.17) is 34.8 Å². The number of hydrogen-bond donors (Lipinski definition) is 0. The van der Waals surface area contributed by atoms with Crippen molar-refractivity contribution in [3.8, 4) is 0 Å². The van der Waals surface area contributed by atoms with E-state index >= 15 is 0 Å². The van der Waals surface area contributed by atoms with E-state index in [1.807, 2.05) is 6.92 Å². The zero-order valence-electron chi connectivity index (χ0n) is 5.41. The van der Waals surface area contributed by atoms with Gasteiger partial charge < -0.3 is 0 Å². The molecule has 0 rings (SSSR count). The fraction of sp³-hybridized carbons (Fsp3) is 1.00. The average Bonchev–Trinajstić information content (AvgIpc) is 1.82. The highest BCUT2D eigenvalue weighted by Crippen LogP contribution is 2.19. The molecule has 0 spiro atoms. The van der Waals surface area contributed by atoms with Crippen LogP contribution in [0.2, 0.25) is 0 Å². The Kier molecular flexibility index (Phi) is 6.18. The Hall–Kier alpha value is 0.870. The summed E-state index contributed by atoms with van der Waals surface area (Å²) in [5.41, 5.74) is 0. The van der Waals surface area contributed by atoms with Gasteiger partial charge in [0.15, 0.2) is 0 Å². The second kappa shape index (κ2) is 5.64. The molecule has 0 aromatic carbocycles. The lowest BCUT2D eigenvalue weighted by molar-refractivity contribution is 0.561. The first-order valence-electron chi connectivity index (χ1n) is 3.02. The molecule has 0 saturated heterocycles. The van der Waals surface area contributed by atoms with Gasteiger partial charge in [-0.25, -0.2) is 0 Å². The van der Waals surface area contributed by atoms with E-state index in [0.717, 1.165) is 12.8 Å². The molecule has 0 aromatic heterocycles. The van der Waals surface area contributed by atoms with E-state index < -0.39 is 0 Å². The SMILES string of the molecule is CC(CCCCl)C(Cl)Cl. The highest BCUT2D eigenvalue weighted by molar-refractivity contribution is 6.44. The largest absolute Gasteiger partial charge is 0.127 e. The third-order valence-electron chi connectivity index (χ3n) is 1.22. The first-order valence-corrected chi connectivity index (χ1v) is 4.43. The van der Waals surface area contributed by atoms with E-state index in [-0.39, 0.29) is 4.84 Å². The highest BCUT2D eigenvalue weighted by Gasteiger charge is 2.09. The molecule has 0 aliphatic carbocycles. The van der Waals surface area contributed by atoms with Gasteiger partial charge in [-0.05, 0) is 18.8 Å². The molecule has 0 aromatic rings. The molecule has 0 aliphatic heterocycles. The zero-order chi connectivity index (χ0) is 7.28. The third-order valence-corrected chi connectivity index (χ3v) is 2.35. The first kappa shape index (κ1) is 9.87. The van der Waals surface area contributed by atoms with Crippen LogP contribution in [0.15, 0.2) is 0 Å². The van der Waals surface area contributed by atoms with Crippen molar-refractivity contribution in [3.05, 3.63) is 0 Å². The summed E-state index contributed by atoms with van der Waals surface area (Å²) in [7, 11) is 0. The van der Waals surface area contributed by atoms with Gasteiger partial charge in [0, 0.05) is 5.88 Å². The van der Waals surface area contributed by atoms with Crippen LogP contribution < -0.4 is 0 Å². The Bertz CT molecular complexity index is 63.3. The molecule has 56 valence electrons. The van der Waals surface area contributed by atoms with Crippen molar-refractivity contribution in [2.45, 2.75) is 24.6 Å². The fourth-order valence-corrected chi connectivity index (χ4v) is 0.931. The van der Waals surface area contributed by atoms with E-state index in [9.17, 15) is 0 Å². The first-order chi connectivity index (χ1) is 4.18. The van der Waals surface area contributed by atoms with Crippen LogP contribution in [0, 0.1) is 5.92 Å². The average molecular weight is 190 g/mol. The summed E-state index contributed by atoms with van der Waals surface area (Å²) in [6, 6.07) is 0.